The Labute approximate surface area is 93.5 Å². The molecule has 0 N–H and O–H groups in total. The Kier molecular flexibility index (Phi) is 5.63. The maximum absolute atomic E-state index is 12.5. The summed E-state index contributed by atoms with van der Waals surface area (Å²) in [7, 11) is -2.54. The van der Waals surface area contributed by atoms with Gasteiger partial charge in [0.15, 0.2) is 0 Å². The Bertz CT molecular complexity index is 232. The Morgan fingerprint density at radius 3 is 2.60 bits per heavy atom. The number of hydrogen-bond donors (Lipinski definition) is 0. The molecule has 1 saturated carbocycles. The highest BCUT2D eigenvalue weighted by molar-refractivity contribution is 7.62. The monoisotopic (exact) mass is 230 g/mol. The average molecular weight is 230 g/mol. The largest absolute Gasteiger partial charge is 0.325 e. The van der Waals surface area contributed by atoms with Crippen LogP contribution in [0, 0.1) is 0 Å². The third kappa shape index (κ3) is 3.77. The van der Waals surface area contributed by atoms with Crippen molar-refractivity contribution in [2.45, 2.75) is 57.5 Å². The van der Waals surface area contributed by atoms with E-state index in [4.69, 9.17) is 4.52 Å². The summed E-state index contributed by atoms with van der Waals surface area (Å²) in [5.74, 6) is 1.58. The summed E-state index contributed by atoms with van der Waals surface area (Å²) in [6, 6.07) is 0. The lowest BCUT2D eigenvalue weighted by Gasteiger charge is -2.28. The fourth-order valence-electron chi connectivity index (χ4n) is 2.10. The van der Waals surface area contributed by atoms with E-state index in [0.717, 1.165) is 25.7 Å². The normalized spacial score (nSPS) is 22.2. The quantitative estimate of drug-likeness (QED) is 0.494. The molecule has 1 aliphatic carbocycles. The number of rotatable bonds is 6. The lowest BCUT2D eigenvalue weighted by atomic mass is 10.0. The summed E-state index contributed by atoms with van der Waals surface area (Å²) in [6.07, 6.45) is 7.85. The van der Waals surface area contributed by atoms with Gasteiger partial charge in [-0.2, -0.15) is 0 Å². The van der Waals surface area contributed by atoms with Crippen LogP contribution in [0.3, 0.4) is 0 Å². The van der Waals surface area contributed by atoms with E-state index in [1.165, 1.54) is 19.3 Å². The molecule has 0 aliphatic heterocycles. The molecule has 1 aliphatic rings. The summed E-state index contributed by atoms with van der Waals surface area (Å²) in [5.41, 5.74) is 0.251. The molecule has 0 saturated heterocycles. The van der Waals surface area contributed by atoms with Crippen LogP contribution in [-0.4, -0.2) is 12.3 Å². The molecule has 0 aromatic heterocycles. The summed E-state index contributed by atoms with van der Waals surface area (Å²) in [5, 5.41) is 0. The third-order valence-electron chi connectivity index (χ3n) is 3.13. The summed E-state index contributed by atoms with van der Waals surface area (Å²) in [4.78, 5) is 0. The van der Waals surface area contributed by atoms with Gasteiger partial charge in [0.1, 0.15) is 0 Å². The zero-order valence-corrected chi connectivity index (χ0v) is 10.7. The van der Waals surface area contributed by atoms with Crippen LogP contribution in [0.25, 0.3) is 0 Å². The maximum Gasteiger partial charge on any atom is 0.227 e. The van der Waals surface area contributed by atoms with Crippen molar-refractivity contribution in [2.75, 3.05) is 6.61 Å². The van der Waals surface area contributed by atoms with Gasteiger partial charge in [0.05, 0.1) is 6.61 Å². The van der Waals surface area contributed by atoms with Gasteiger partial charge < -0.3 is 4.52 Å². The molecule has 1 rings (SSSR count). The fourth-order valence-corrected chi connectivity index (χ4v) is 4.21. The van der Waals surface area contributed by atoms with E-state index in [-0.39, 0.29) is 5.66 Å². The van der Waals surface area contributed by atoms with Crippen molar-refractivity contribution < 1.29 is 9.09 Å². The molecule has 0 spiro atoms. The topological polar surface area (TPSA) is 26.3 Å². The van der Waals surface area contributed by atoms with E-state index in [1.54, 1.807) is 5.82 Å². The summed E-state index contributed by atoms with van der Waals surface area (Å²) < 4.78 is 18.1. The van der Waals surface area contributed by atoms with Crippen molar-refractivity contribution in [2.24, 2.45) is 0 Å². The van der Waals surface area contributed by atoms with E-state index in [2.05, 4.69) is 13.5 Å². The Morgan fingerprint density at radius 1 is 1.40 bits per heavy atom. The molecule has 3 heteroatoms. The van der Waals surface area contributed by atoms with Crippen molar-refractivity contribution in [3.63, 3.8) is 0 Å². The van der Waals surface area contributed by atoms with Gasteiger partial charge in [0.2, 0.25) is 7.37 Å². The van der Waals surface area contributed by atoms with Crippen molar-refractivity contribution in [3.8, 4) is 0 Å². The first-order chi connectivity index (χ1) is 7.23. The van der Waals surface area contributed by atoms with Crippen LogP contribution in [0.2, 0.25) is 0 Å². The minimum absolute atomic E-state index is 0.251. The summed E-state index contributed by atoms with van der Waals surface area (Å²) in [6.45, 7) is 6.43. The molecule has 0 heterocycles. The van der Waals surface area contributed by atoms with Crippen LogP contribution in [0.1, 0.15) is 51.9 Å². The predicted molar refractivity (Wildman–Crippen MR) is 65.5 cm³/mol. The molecule has 0 aromatic carbocycles. The molecule has 0 bridgehead atoms. The molecule has 1 unspecified atom stereocenters. The number of unbranched alkanes of at least 4 members (excludes halogenated alkanes) is 1. The molecule has 1 fully saturated rings. The first kappa shape index (κ1) is 13.0. The van der Waals surface area contributed by atoms with E-state index in [1.807, 2.05) is 0 Å². The van der Waals surface area contributed by atoms with Crippen molar-refractivity contribution in [1.82, 2.24) is 0 Å². The van der Waals surface area contributed by atoms with Gasteiger partial charge in [0.25, 0.3) is 0 Å². The van der Waals surface area contributed by atoms with Crippen LogP contribution in [-0.2, 0) is 9.09 Å². The molecule has 15 heavy (non-hydrogen) atoms. The Morgan fingerprint density at radius 2 is 2.07 bits per heavy atom. The second-order valence-corrected chi connectivity index (χ2v) is 6.95. The molecular weight excluding hydrogens is 207 g/mol. The second-order valence-electron chi connectivity index (χ2n) is 4.31. The van der Waals surface area contributed by atoms with Gasteiger partial charge in [-0.15, -0.1) is 0 Å². The predicted octanol–water partition coefficient (Wildman–Crippen LogP) is 4.56. The van der Waals surface area contributed by atoms with E-state index in [9.17, 15) is 4.57 Å². The highest BCUT2D eigenvalue weighted by Gasteiger charge is 2.31. The molecule has 0 amide bonds. The highest BCUT2D eigenvalue weighted by Crippen LogP contribution is 2.57. The highest BCUT2D eigenvalue weighted by atomic mass is 31.2. The molecule has 2 nitrogen and oxygen atoms in total. The third-order valence-corrected chi connectivity index (χ3v) is 5.76. The minimum Gasteiger partial charge on any atom is -0.325 e. The standard InChI is InChI=1S/C12H23O2P/c1-3-5-11-14-15(13,4-2)12-9-7-6-8-10-12/h4,12H,2-3,5-11H2,1H3. The van der Waals surface area contributed by atoms with Gasteiger partial charge in [-0.25, -0.2) is 0 Å². The van der Waals surface area contributed by atoms with Gasteiger partial charge in [0, 0.05) is 5.66 Å². The van der Waals surface area contributed by atoms with E-state index in [0.29, 0.717) is 6.61 Å². The van der Waals surface area contributed by atoms with Crippen LogP contribution >= 0.6 is 7.37 Å². The molecule has 0 radical (unpaired) electrons. The summed E-state index contributed by atoms with van der Waals surface area (Å²) >= 11 is 0. The van der Waals surface area contributed by atoms with Crippen LogP contribution in [0.15, 0.2) is 12.4 Å². The minimum atomic E-state index is -2.54. The zero-order valence-electron chi connectivity index (χ0n) is 9.78. The second kappa shape index (κ2) is 6.50. The van der Waals surface area contributed by atoms with Gasteiger partial charge in [-0.05, 0) is 25.1 Å². The molecule has 1 atom stereocenters. The molecule has 0 aromatic rings. The van der Waals surface area contributed by atoms with Gasteiger partial charge >= 0.3 is 0 Å². The SMILES string of the molecule is C=CP(=O)(OCCCC)C1CCCCC1. The van der Waals surface area contributed by atoms with E-state index < -0.39 is 7.37 Å². The number of hydrogen-bond acceptors (Lipinski definition) is 2. The maximum atomic E-state index is 12.5. The Balaban J connectivity index is 2.49. The van der Waals surface area contributed by atoms with Crippen molar-refractivity contribution >= 4 is 7.37 Å². The fraction of sp³-hybridized carbons (Fsp3) is 0.833. The van der Waals surface area contributed by atoms with Crippen LogP contribution in [0.5, 0.6) is 0 Å². The smallest absolute Gasteiger partial charge is 0.227 e. The van der Waals surface area contributed by atoms with Gasteiger partial charge in [-0.1, -0.05) is 39.2 Å². The van der Waals surface area contributed by atoms with Crippen LogP contribution < -0.4 is 0 Å². The lowest BCUT2D eigenvalue weighted by Crippen LogP contribution is -2.14. The first-order valence-corrected chi connectivity index (χ1v) is 7.87. The van der Waals surface area contributed by atoms with Crippen molar-refractivity contribution in [1.29, 1.82) is 0 Å². The molecular formula is C12H23O2P. The van der Waals surface area contributed by atoms with Crippen molar-refractivity contribution in [3.05, 3.63) is 12.4 Å². The Hall–Kier alpha value is -0.0700. The first-order valence-electron chi connectivity index (χ1n) is 6.10. The van der Waals surface area contributed by atoms with E-state index >= 15 is 0 Å². The average Bonchev–Trinajstić information content (AvgIpc) is 2.30. The van der Waals surface area contributed by atoms with Crippen LogP contribution in [0.4, 0.5) is 0 Å². The lowest BCUT2D eigenvalue weighted by molar-refractivity contribution is 0.298. The molecule has 88 valence electrons. The zero-order chi connectivity index (χ0) is 11.1. The van der Waals surface area contributed by atoms with Gasteiger partial charge in [-0.3, -0.25) is 4.57 Å².